The number of anilines is 1. The summed E-state index contributed by atoms with van der Waals surface area (Å²) in [5.41, 5.74) is 10.2. The Morgan fingerprint density at radius 2 is 1.73 bits per heavy atom. The van der Waals surface area contributed by atoms with Crippen molar-refractivity contribution in [2.75, 3.05) is 5.73 Å². The molecule has 0 saturated heterocycles. The number of hydrogen-bond donors (Lipinski definition) is 1. The van der Waals surface area contributed by atoms with Crippen molar-refractivity contribution in [3.63, 3.8) is 0 Å². The van der Waals surface area contributed by atoms with Crippen LogP contribution in [0.25, 0.3) is 11.3 Å². The van der Waals surface area contributed by atoms with E-state index >= 15 is 0 Å². The predicted molar refractivity (Wildman–Crippen MR) is 62.5 cm³/mol. The van der Waals surface area contributed by atoms with E-state index in [0.717, 1.165) is 17.0 Å². The Hall–Kier alpha value is -1.77. The number of hydrogen-bond acceptors (Lipinski definition) is 2. The van der Waals surface area contributed by atoms with E-state index in [1.54, 1.807) is 0 Å². The summed E-state index contributed by atoms with van der Waals surface area (Å²) in [7, 11) is 1.93. The number of benzene rings is 1. The van der Waals surface area contributed by atoms with Gasteiger partial charge >= 0.3 is 0 Å². The lowest BCUT2D eigenvalue weighted by molar-refractivity contribution is 0.889. The van der Waals surface area contributed by atoms with Crippen molar-refractivity contribution in [2.24, 2.45) is 7.05 Å². The van der Waals surface area contributed by atoms with Crippen LogP contribution in [0.2, 0.25) is 0 Å². The predicted octanol–water partition coefficient (Wildman–Crippen LogP) is 2.29. The average Bonchev–Trinajstić information content (AvgIpc) is 2.47. The van der Waals surface area contributed by atoms with Gasteiger partial charge in [-0.25, -0.2) is 4.98 Å². The van der Waals surface area contributed by atoms with Gasteiger partial charge in [0.2, 0.25) is 5.95 Å². The topological polar surface area (TPSA) is 43.8 Å². The molecule has 1 aromatic carbocycles. The number of nitrogens with zero attached hydrogens (tertiary/aromatic N) is 2. The highest BCUT2D eigenvalue weighted by molar-refractivity contribution is 5.64. The molecule has 0 bridgehead atoms. The number of nitrogens with two attached hydrogens (primary N) is 1. The molecule has 0 amide bonds. The second-order valence-corrected chi connectivity index (χ2v) is 3.83. The Kier molecular flexibility index (Phi) is 2.23. The maximum absolute atomic E-state index is 5.76. The first-order valence-electron chi connectivity index (χ1n) is 4.95. The van der Waals surface area contributed by atoms with Gasteiger partial charge in [-0.3, -0.25) is 0 Å². The minimum Gasteiger partial charge on any atom is -0.369 e. The molecule has 0 radical (unpaired) electrons. The molecule has 0 aliphatic carbocycles. The zero-order valence-electron chi connectivity index (χ0n) is 9.28. The number of rotatable bonds is 1. The van der Waals surface area contributed by atoms with Gasteiger partial charge in [-0.15, -0.1) is 0 Å². The van der Waals surface area contributed by atoms with Crippen LogP contribution in [0, 0.1) is 13.8 Å². The van der Waals surface area contributed by atoms with Gasteiger partial charge in [-0.05, 0) is 13.8 Å². The van der Waals surface area contributed by atoms with Crippen LogP contribution in [0.3, 0.4) is 0 Å². The van der Waals surface area contributed by atoms with Crippen LogP contribution in [0.15, 0.2) is 24.3 Å². The van der Waals surface area contributed by atoms with Gasteiger partial charge in [0.1, 0.15) is 0 Å². The highest BCUT2D eigenvalue weighted by Gasteiger charge is 2.09. The molecule has 0 saturated carbocycles. The fourth-order valence-electron chi connectivity index (χ4n) is 1.59. The molecule has 0 aliphatic rings. The van der Waals surface area contributed by atoms with Crippen LogP contribution in [-0.4, -0.2) is 9.55 Å². The highest BCUT2D eigenvalue weighted by Crippen LogP contribution is 2.23. The quantitative estimate of drug-likeness (QED) is 0.769. The van der Waals surface area contributed by atoms with Crippen LogP contribution in [-0.2, 0) is 7.05 Å². The Balaban J connectivity index is 2.54. The van der Waals surface area contributed by atoms with Crippen molar-refractivity contribution in [3.8, 4) is 11.3 Å². The zero-order valence-corrected chi connectivity index (χ0v) is 9.28. The smallest absolute Gasteiger partial charge is 0.200 e. The van der Waals surface area contributed by atoms with E-state index in [1.807, 2.05) is 18.5 Å². The maximum atomic E-state index is 5.76. The van der Waals surface area contributed by atoms with E-state index < -0.39 is 0 Å². The molecular formula is C12H15N3. The molecule has 2 rings (SSSR count). The zero-order chi connectivity index (χ0) is 11.0. The SMILES string of the molecule is Cc1ccc(-c2nc(N)n(C)c2C)cc1. The second kappa shape index (κ2) is 3.42. The summed E-state index contributed by atoms with van der Waals surface area (Å²) >= 11 is 0. The molecule has 15 heavy (non-hydrogen) atoms. The van der Waals surface area contributed by atoms with Crippen LogP contribution < -0.4 is 5.73 Å². The van der Waals surface area contributed by atoms with Crippen molar-refractivity contribution in [1.82, 2.24) is 9.55 Å². The van der Waals surface area contributed by atoms with Crippen LogP contribution >= 0.6 is 0 Å². The van der Waals surface area contributed by atoms with E-state index in [0.29, 0.717) is 5.95 Å². The summed E-state index contributed by atoms with van der Waals surface area (Å²) in [5.74, 6) is 0.558. The molecule has 2 aromatic rings. The van der Waals surface area contributed by atoms with Gasteiger partial charge in [0.25, 0.3) is 0 Å². The third-order valence-electron chi connectivity index (χ3n) is 2.74. The fourth-order valence-corrected chi connectivity index (χ4v) is 1.59. The molecule has 0 fully saturated rings. The number of aromatic nitrogens is 2. The summed E-state index contributed by atoms with van der Waals surface area (Å²) in [5, 5.41) is 0. The molecule has 0 aliphatic heterocycles. The molecule has 1 aromatic heterocycles. The fraction of sp³-hybridized carbons (Fsp3) is 0.250. The molecule has 0 spiro atoms. The molecule has 78 valence electrons. The Labute approximate surface area is 89.6 Å². The van der Waals surface area contributed by atoms with Crippen molar-refractivity contribution in [3.05, 3.63) is 35.5 Å². The van der Waals surface area contributed by atoms with Gasteiger partial charge in [0.15, 0.2) is 0 Å². The lowest BCUT2D eigenvalue weighted by Gasteiger charge is -2.00. The van der Waals surface area contributed by atoms with Crippen molar-refractivity contribution < 1.29 is 0 Å². The van der Waals surface area contributed by atoms with Crippen molar-refractivity contribution in [1.29, 1.82) is 0 Å². The summed E-state index contributed by atoms with van der Waals surface area (Å²) < 4.78 is 1.90. The highest BCUT2D eigenvalue weighted by atomic mass is 15.1. The largest absolute Gasteiger partial charge is 0.369 e. The number of aryl methyl sites for hydroxylation is 1. The van der Waals surface area contributed by atoms with Crippen LogP contribution in [0.1, 0.15) is 11.3 Å². The summed E-state index contributed by atoms with van der Waals surface area (Å²) in [4.78, 5) is 4.35. The lowest BCUT2D eigenvalue weighted by atomic mass is 10.1. The molecule has 3 nitrogen and oxygen atoms in total. The second-order valence-electron chi connectivity index (χ2n) is 3.83. The van der Waals surface area contributed by atoms with Crippen molar-refractivity contribution >= 4 is 5.95 Å². The first kappa shape index (κ1) is 9.77. The minimum atomic E-state index is 0.558. The van der Waals surface area contributed by atoms with E-state index in [4.69, 9.17) is 5.73 Å². The van der Waals surface area contributed by atoms with Crippen molar-refractivity contribution in [2.45, 2.75) is 13.8 Å². The molecular weight excluding hydrogens is 186 g/mol. The van der Waals surface area contributed by atoms with E-state index in [-0.39, 0.29) is 0 Å². The molecule has 1 heterocycles. The average molecular weight is 201 g/mol. The first-order chi connectivity index (χ1) is 7.09. The lowest BCUT2D eigenvalue weighted by Crippen LogP contribution is -1.97. The van der Waals surface area contributed by atoms with Crippen LogP contribution in [0.5, 0.6) is 0 Å². The van der Waals surface area contributed by atoms with Gasteiger partial charge in [-0.1, -0.05) is 29.8 Å². The summed E-state index contributed by atoms with van der Waals surface area (Å²) in [6.45, 7) is 4.10. The van der Waals surface area contributed by atoms with E-state index in [9.17, 15) is 0 Å². The Morgan fingerprint density at radius 3 is 2.20 bits per heavy atom. The normalized spacial score (nSPS) is 10.6. The number of nitrogen functional groups attached to an aromatic ring is 1. The van der Waals surface area contributed by atoms with Gasteiger partial charge in [0, 0.05) is 18.3 Å². The molecule has 3 heteroatoms. The third kappa shape index (κ3) is 1.61. The van der Waals surface area contributed by atoms with Gasteiger partial charge < -0.3 is 10.3 Å². The molecule has 2 N–H and O–H groups in total. The monoisotopic (exact) mass is 201 g/mol. The number of imidazole rings is 1. The van der Waals surface area contributed by atoms with Gasteiger partial charge in [0.05, 0.1) is 5.69 Å². The summed E-state index contributed by atoms with van der Waals surface area (Å²) in [6, 6.07) is 8.31. The first-order valence-corrected chi connectivity index (χ1v) is 4.95. The molecule has 0 unspecified atom stereocenters. The standard InChI is InChI=1S/C12H15N3/c1-8-4-6-10(7-5-8)11-9(2)15(3)12(13)14-11/h4-7H,1-3H3,(H2,13,14). The van der Waals surface area contributed by atoms with E-state index in [2.05, 4.69) is 36.2 Å². The summed E-state index contributed by atoms with van der Waals surface area (Å²) in [6.07, 6.45) is 0. The minimum absolute atomic E-state index is 0.558. The Morgan fingerprint density at radius 1 is 1.13 bits per heavy atom. The van der Waals surface area contributed by atoms with Crippen LogP contribution in [0.4, 0.5) is 5.95 Å². The maximum Gasteiger partial charge on any atom is 0.200 e. The third-order valence-corrected chi connectivity index (χ3v) is 2.74. The van der Waals surface area contributed by atoms with E-state index in [1.165, 1.54) is 5.56 Å². The Bertz CT molecular complexity index is 480. The molecule has 0 atom stereocenters. The van der Waals surface area contributed by atoms with Gasteiger partial charge in [-0.2, -0.15) is 0 Å².